The minimum Gasteiger partial charge on any atom is -0.444 e. The van der Waals surface area contributed by atoms with Crippen LogP contribution in [0.15, 0.2) is 10.6 Å². The molecule has 0 fully saturated rings. The maximum absolute atomic E-state index is 5.34. The summed E-state index contributed by atoms with van der Waals surface area (Å²) in [7, 11) is 0. The highest BCUT2D eigenvalue weighted by atomic mass is 16.4. The van der Waals surface area contributed by atoms with Crippen molar-refractivity contribution in [3.63, 3.8) is 0 Å². The van der Waals surface area contributed by atoms with Gasteiger partial charge in [0.05, 0.1) is 12.7 Å². The first-order chi connectivity index (χ1) is 5.22. The van der Waals surface area contributed by atoms with Crippen molar-refractivity contribution in [2.24, 2.45) is 11.7 Å². The van der Waals surface area contributed by atoms with Crippen LogP contribution in [0.25, 0.3) is 0 Å². The van der Waals surface area contributed by atoms with Crippen molar-refractivity contribution in [2.75, 3.05) is 0 Å². The molecule has 11 heavy (non-hydrogen) atoms. The van der Waals surface area contributed by atoms with Crippen molar-refractivity contribution in [2.45, 2.75) is 26.8 Å². The van der Waals surface area contributed by atoms with Gasteiger partial charge in [-0.05, 0) is 5.92 Å². The van der Waals surface area contributed by atoms with Crippen LogP contribution in [-0.2, 0) is 13.0 Å². The summed E-state index contributed by atoms with van der Waals surface area (Å²) in [6, 6.07) is 0. The van der Waals surface area contributed by atoms with E-state index in [1.54, 1.807) is 6.20 Å². The number of nitrogens with zero attached hydrogens (tertiary/aromatic N) is 1. The highest BCUT2D eigenvalue weighted by Gasteiger charge is 2.03. The Morgan fingerprint density at radius 1 is 1.64 bits per heavy atom. The Morgan fingerprint density at radius 2 is 2.36 bits per heavy atom. The molecule has 1 heterocycles. The van der Waals surface area contributed by atoms with Crippen molar-refractivity contribution >= 4 is 0 Å². The maximum Gasteiger partial charge on any atom is 0.208 e. The van der Waals surface area contributed by atoms with E-state index in [0.29, 0.717) is 18.4 Å². The van der Waals surface area contributed by atoms with E-state index < -0.39 is 0 Å². The van der Waals surface area contributed by atoms with Gasteiger partial charge < -0.3 is 10.2 Å². The Balaban J connectivity index is 2.58. The molecule has 0 unspecified atom stereocenters. The molecule has 2 N–H and O–H groups in total. The highest BCUT2D eigenvalue weighted by molar-refractivity contribution is 4.94. The molecule has 0 saturated carbocycles. The smallest absolute Gasteiger partial charge is 0.208 e. The Kier molecular flexibility index (Phi) is 2.65. The minimum absolute atomic E-state index is 0.387. The van der Waals surface area contributed by atoms with Crippen LogP contribution in [0.1, 0.15) is 25.5 Å². The highest BCUT2D eigenvalue weighted by Crippen LogP contribution is 2.08. The topological polar surface area (TPSA) is 52.0 Å². The first-order valence-electron chi connectivity index (χ1n) is 3.86. The van der Waals surface area contributed by atoms with Gasteiger partial charge in [0.1, 0.15) is 5.76 Å². The molecule has 0 radical (unpaired) electrons. The van der Waals surface area contributed by atoms with Crippen LogP contribution in [0.2, 0.25) is 0 Å². The fourth-order valence-electron chi connectivity index (χ4n) is 0.939. The average molecular weight is 154 g/mol. The average Bonchev–Trinajstić information content (AvgIpc) is 2.34. The summed E-state index contributed by atoms with van der Waals surface area (Å²) in [5, 5.41) is 0. The Labute approximate surface area is 66.6 Å². The van der Waals surface area contributed by atoms with Crippen molar-refractivity contribution in [1.82, 2.24) is 4.98 Å². The van der Waals surface area contributed by atoms with Crippen LogP contribution in [0, 0.1) is 5.92 Å². The molecule has 0 bridgehead atoms. The van der Waals surface area contributed by atoms with Gasteiger partial charge in [-0.1, -0.05) is 13.8 Å². The van der Waals surface area contributed by atoms with E-state index in [9.17, 15) is 0 Å². The molecule has 0 aliphatic heterocycles. The summed E-state index contributed by atoms with van der Waals surface area (Å²) < 4.78 is 5.31. The molecule has 0 spiro atoms. The second-order valence-corrected chi connectivity index (χ2v) is 3.02. The van der Waals surface area contributed by atoms with Crippen LogP contribution < -0.4 is 5.73 Å². The summed E-state index contributed by atoms with van der Waals surface area (Å²) in [5.41, 5.74) is 5.34. The van der Waals surface area contributed by atoms with Gasteiger partial charge in [0.15, 0.2) is 0 Å². The molecule has 1 rings (SSSR count). The normalized spacial score (nSPS) is 10.9. The van der Waals surface area contributed by atoms with Crippen molar-refractivity contribution in [1.29, 1.82) is 0 Å². The van der Waals surface area contributed by atoms with Crippen molar-refractivity contribution < 1.29 is 4.42 Å². The second-order valence-electron chi connectivity index (χ2n) is 3.02. The first-order valence-corrected chi connectivity index (χ1v) is 3.86. The maximum atomic E-state index is 5.34. The van der Waals surface area contributed by atoms with Gasteiger partial charge in [-0.3, -0.25) is 0 Å². The molecule has 0 aliphatic rings. The minimum atomic E-state index is 0.387. The molecule has 3 nitrogen and oxygen atoms in total. The standard InChI is InChI=1S/C8H14N2O/c1-6(2)3-7-5-10-8(4-9)11-7/h5-6H,3-4,9H2,1-2H3. The van der Waals surface area contributed by atoms with Gasteiger partial charge in [-0.2, -0.15) is 0 Å². The van der Waals surface area contributed by atoms with Crippen LogP contribution in [0.4, 0.5) is 0 Å². The lowest BCUT2D eigenvalue weighted by molar-refractivity contribution is 0.433. The van der Waals surface area contributed by atoms with Gasteiger partial charge in [-0.15, -0.1) is 0 Å². The van der Waals surface area contributed by atoms with E-state index in [2.05, 4.69) is 18.8 Å². The van der Waals surface area contributed by atoms with Gasteiger partial charge >= 0.3 is 0 Å². The zero-order chi connectivity index (χ0) is 8.27. The molecule has 0 amide bonds. The van der Waals surface area contributed by atoms with E-state index in [1.165, 1.54) is 0 Å². The Morgan fingerprint density at radius 3 is 2.82 bits per heavy atom. The molecule has 0 atom stereocenters. The monoisotopic (exact) mass is 154 g/mol. The number of hydrogen-bond donors (Lipinski definition) is 1. The molecule has 1 aromatic rings. The van der Waals surface area contributed by atoms with Gasteiger partial charge in [-0.25, -0.2) is 4.98 Å². The van der Waals surface area contributed by atoms with E-state index in [4.69, 9.17) is 10.2 Å². The molecule has 0 aliphatic carbocycles. The SMILES string of the molecule is CC(C)Cc1cnc(CN)o1. The van der Waals surface area contributed by atoms with Gasteiger partial charge in [0.2, 0.25) is 5.89 Å². The third-order valence-electron chi connectivity index (χ3n) is 1.39. The van der Waals surface area contributed by atoms with Crippen molar-refractivity contribution in [3.8, 4) is 0 Å². The first kappa shape index (κ1) is 8.27. The zero-order valence-electron chi connectivity index (χ0n) is 7.00. The summed E-state index contributed by atoms with van der Waals surface area (Å²) in [4.78, 5) is 4.00. The Hall–Kier alpha value is -0.830. The zero-order valence-corrected chi connectivity index (χ0v) is 7.00. The van der Waals surface area contributed by atoms with E-state index >= 15 is 0 Å². The quantitative estimate of drug-likeness (QED) is 0.714. The Bertz CT molecular complexity index is 218. The van der Waals surface area contributed by atoms with Gasteiger partial charge in [0.25, 0.3) is 0 Å². The molecule has 1 aromatic heterocycles. The number of oxazole rings is 1. The fourth-order valence-corrected chi connectivity index (χ4v) is 0.939. The lowest BCUT2D eigenvalue weighted by Crippen LogP contribution is -1.95. The summed E-state index contributed by atoms with van der Waals surface area (Å²) >= 11 is 0. The van der Waals surface area contributed by atoms with Crippen molar-refractivity contribution in [3.05, 3.63) is 17.8 Å². The molecular weight excluding hydrogens is 140 g/mol. The van der Waals surface area contributed by atoms with Crippen LogP contribution >= 0.6 is 0 Å². The summed E-state index contributed by atoms with van der Waals surface area (Å²) in [6.07, 6.45) is 2.69. The third-order valence-corrected chi connectivity index (χ3v) is 1.39. The van der Waals surface area contributed by atoms with Crippen LogP contribution in [0.5, 0.6) is 0 Å². The molecule has 62 valence electrons. The van der Waals surface area contributed by atoms with E-state index in [1.807, 2.05) is 0 Å². The predicted octanol–water partition coefficient (Wildman–Crippen LogP) is 1.33. The van der Waals surface area contributed by atoms with Gasteiger partial charge in [0, 0.05) is 6.42 Å². The number of rotatable bonds is 3. The number of nitrogens with two attached hydrogens (primary N) is 1. The van der Waals surface area contributed by atoms with Crippen LogP contribution in [0.3, 0.4) is 0 Å². The molecular formula is C8H14N2O. The lowest BCUT2D eigenvalue weighted by atomic mass is 10.1. The lowest BCUT2D eigenvalue weighted by Gasteiger charge is -1.97. The van der Waals surface area contributed by atoms with E-state index in [-0.39, 0.29) is 0 Å². The molecule has 3 heteroatoms. The second kappa shape index (κ2) is 3.53. The van der Waals surface area contributed by atoms with Crippen LogP contribution in [-0.4, -0.2) is 4.98 Å². The largest absolute Gasteiger partial charge is 0.444 e. The molecule has 0 saturated heterocycles. The van der Waals surface area contributed by atoms with E-state index in [0.717, 1.165) is 12.2 Å². The third kappa shape index (κ3) is 2.35. The summed E-state index contributed by atoms with van der Waals surface area (Å²) in [6.45, 7) is 4.67. The predicted molar refractivity (Wildman–Crippen MR) is 42.9 cm³/mol. The fraction of sp³-hybridized carbons (Fsp3) is 0.625. The number of hydrogen-bond acceptors (Lipinski definition) is 3. The molecule has 0 aromatic carbocycles. The number of aromatic nitrogens is 1. The summed E-state index contributed by atoms with van der Waals surface area (Å²) in [5.74, 6) is 2.16.